The summed E-state index contributed by atoms with van der Waals surface area (Å²) in [6, 6.07) is 8.53. The minimum atomic E-state index is -0.428. The third kappa shape index (κ3) is 1.78. The quantitative estimate of drug-likeness (QED) is 0.804. The van der Waals surface area contributed by atoms with Crippen molar-refractivity contribution >= 4 is 6.08 Å². The van der Waals surface area contributed by atoms with Crippen molar-refractivity contribution in [1.82, 2.24) is 9.78 Å². The Balaban J connectivity index is 1.60. The summed E-state index contributed by atoms with van der Waals surface area (Å²) in [5.74, 6) is -0.428. The van der Waals surface area contributed by atoms with Crippen molar-refractivity contribution in [3.8, 4) is 5.69 Å². The molecular weight excluding hydrogens is 300 g/mol. The molecule has 5 rings (SSSR count). The van der Waals surface area contributed by atoms with Crippen LogP contribution in [0.25, 0.3) is 11.8 Å². The number of nitrogens with zero attached hydrogens (tertiary/aromatic N) is 2. The maximum atomic E-state index is 6.10. The van der Waals surface area contributed by atoms with Crippen molar-refractivity contribution in [3.05, 3.63) is 52.9 Å². The minimum Gasteiger partial charge on any atom is -0.347 e. The molecule has 2 aliphatic carbocycles. The summed E-state index contributed by atoms with van der Waals surface area (Å²) >= 11 is 0. The molecule has 1 aromatic heterocycles. The van der Waals surface area contributed by atoms with E-state index in [0.717, 1.165) is 24.9 Å². The molecule has 2 aromatic rings. The van der Waals surface area contributed by atoms with Gasteiger partial charge in [0.1, 0.15) is 0 Å². The summed E-state index contributed by atoms with van der Waals surface area (Å²) in [6.07, 6.45) is 7.26. The Morgan fingerprint density at radius 3 is 2.62 bits per heavy atom. The second kappa shape index (κ2) is 4.80. The lowest BCUT2D eigenvalue weighted by Gasteiger charge is -2.41. The molecule has 24 heavy (non-hydrogen) atoms. The Kier molecular flexibility index (Phi) is 2.89. The Morgan fingerprint density at radius 1 is 1.12 bits per heavy atom. The average Bonchev–Trinajstić information content (AvgIpc) is 3.27. The number of aromatic nitrogens is 2. The number of benzene rings is 1. The van der Waals surface area contributed by atoms with E-state index >= 15 is 0 Å². The Labute approximate surface area is 142 Å². The van der Waals surface area contributed by atoms with Crippen LogP contribution in [0, 0.1) is 12.3 Å². The summed E-state index contributed by atoms with van der Waals surface area (Å²) < 4.78 is 14.3. The number of hydrogen-bond donors (Lipinski definition) is 0. The van der Waals surface area contributed by atoms with Gasteiger partial charge in [-0.3, -0.25) is 0 Å². The first-order valence-electron chi connectivity index (χ1n) is 8.74. The van der Waals surface area contributed by atoms with E-state index in [9.17, 15) is 0 Å². The van der Waals surface area contributed by atoms with E-state index in [1.807, 2.05) is 6.20 Å². The molecule has 4 heteroatoms. The van der Waals surface area contributed by atoms with Gasteiger partial charge in [0.05, 0.1) is 30.8 Å². The van der Waals surface area contributed by atoms with E-state index in [0.29, 0.717) is 13.2 Å². The summed E-state index contributed by atoms with van der Waals surface area (Å²) in [5.41, 5.74) is 6.23. The summed E-state index contributed by atoms with van der Waals surface area (Å²) in [5, 5.41) is 4.66. The zero-order valence-electron chi connectivity index (χ0n) is 14.2. The van der Waals surface area contributed by atoms with Crippen LogP contribution in [0.1, 0.15) is 36.6 Å². The Bertz CT molecular complexity index is 828. The molecule has 0 unspecified atom stereocenters. The van der Waals surface area contributed by atoms with Crippen molar-refractivity contribution in [2.45, 2.75) is 38.9 Å². The molecule has 2 fully saturated rings. The summed E-state index contributed by atoms with van der Waals surface area (Å²) in [7, 11) is 0. The molecule has 1 saturated heterocycles. The standard InChI is InChI=1S/C20H22N2O2/c1-14-3-5-17(6-4-14)22-18-11-16-7-8-20(23-9-10-24-20)19(16,2)12-15(18)13-21-22/h3-6,11,13H,7-10,12H2,1-2H3/t19-/m0/s1. The van der Waals surface area contributed by atoms with E-state index in [1.165, 1.54) is 22.4 Å². The molecule has 1 atom stereocenters. The van der Waals surface area contributed by atoms with Gasteiger partial charge in [0, 0.05) is 11.8 Å². The van der Waals surface area contributed by atoms with Crippen LogP contribution in [0.4, 0.5) is 0 Å². The minimum absolute atomic E-state index is 0.0718. The highest BCUT2D eigenvalue weighted by atomic mass is 16.7. The van der Waals surface area contributed by atoms with Crippen LogP contribution in [0.3, 0.4) is 0 Å². The van der Waals surface area contributed by atoms with E-state index in [4.69, 9.17) is 9.47 Å². The number of ether oxygens (including phenoxy) is 2. The highest BCUT2D eigenvalue weighted by Crippen LogP contribution is 2.58. The zero-order valence-corrected chi connectivity index (χ0v) is 14.2. The van der Waals surface area contributed by atoms with Crippen LogP contribution in [-0.4, -0.2) is 28.8 Å². The smallest absolute Gasteiger partial charge is 0.178 e. The summed E-state index contributed by atoms with van der Waals surface area (Å²) in [6.45, 7) is 5.81. The molecule has 1 saturated carbocycles. The van der Waals surface area contributed by atoms with Gasteiger partial charge in [-0.1, -0.05) is 30.2 Å². The van der Waals surface area contributed by atoms with Crippen LogP contribution >= 0.6 is 0 Å². The normalized spacial score (nSPS) is 27.2. The van der Waals surface area contributed by atoms with Crippen molar-refractivity contribution < 1.29 is 9.47 Å². The molecule has 0 N–H and O–H groups in total. The van der Waals surface area contributed by atoms with Gasteiger partial charge in [-0.15, -0.1) is 0 Å². The number of rotatable bonds is 1. The van der Waals surface area contributed by atoms with Crippen LogP contribution in [-0.2, 0) is 15.9 Å². The monoisotopic (exact) mass is 322 g/mol. The van der Waals surface area contributed by atoms with Crippen LogP contribution < -0.4 is 0 Å². The fraction of sp³-hybridized carbons (Fsp3) is 0.450. The van der Waals surface area contributed by atoms with Gasteiger partial charge in [0.2, 0.25) is 0 Å². The second-order valence-corrected chi connectivity index (χ2v) is 7.43. The number of fused-ring (bicyclic) bond motifs is 3. The first kappa shape index (κ1) is 14.4. The van der Waals surface area contributed by atoms with Crippen LogP contribution in [0.15, 0.2) is 36.0 Å². The molecule has 1 aliphatic heterocycles. The van der Waals surface area contributed by atoms with Gasteiger partial charge < -0.3 is 9.47 Å². The molecule has 3 aliphatic rings. The third-order valence-electron chi connectivity index (χ3n) is 6.05. The lowest BCUT2D eigenvalue weighted by Crippen LogP contribution is -2.46. The van der Waals surface area contributed by atoms with Crippen LogP contribution in [0.2, 0.25) is 0 Å². The lowest BCUT2D eigenvalue weighted by molar-refractivity contribution is -0.208. The average molecular weight is 322 g/mol. The van der Waals surface area contributed by atoms with Crippen LogP contribution in [0.5, 0.6) is 0 Å². The van der Waals surface area contributed by atoms with Gasteiger partial charge >= 0.3 is 0 Å². The highest BCUT2D eigenvalue weighted by molar-refractivity contribution is 5.62. The molecule has 0 bridgehead atoms. The molecule has 1 aromatic carbocycles. The first-order chi connectivity index (χ1) is 11.6. The van der Waals surface area contributed by atoms with E-state index in [-0.39, 0.29) is 5.41 Å². The molecule has 1 spiro atoms. The van der Waals surface area contributed by atoms with Crippen molar-refractivity contribution in [1.29, 1.82) is 0 Å². The van der Waals surface area contributed by atoms with E-state index in [1.54, 1.807) is 0 Å². The fourth-order valence-corrected chi connectivity index (χ4v) is 4.61. The van der Waals surface area contributed by atoms with Gasteiger partial charge in [0.25, 0.3) is 0 Å². The van der Waals surface area contributed by atoms with E-state index < -0.39 is 5.79 Å². The fourth-order valence-electron chi connectivity index (χ4n) is 4.61. The van der Waals surface area contributed by atoms with Crippen molar-refractivity contribution in [2.75, 3.05) is 13.2 Å². The van der Waals surface area contributed by atoms with Gasteiger partial charge in [-0.25, -0.2) is 4.68 Å². The molecule has 4 nitrogen and oxygen atoms in total. The first-order valence-corrected chi connectivity index (χ1v) is 8.74. The second-order valence-electron chi connectivity index (χ2n) is 7.43. The third-order valence-corrected chi connectivity index (χ3v) is 6.05. The molecule has 124 valence electrons. The largest absolute Gasteiger partial charge is 0.347 e. The Hall–Kier alpha value is -1.91. The van der Waals surface area contributed by atoms with Gasteiger partial charge in [-0.2, -0.15) is 5.10 Å². The van der Waals surface area contributed by atoms with Gasteiger partial charge in [-0.05, 0) is 43.5 Å². The number of aryl methyl sites for hydroxylation is 1. The maximum absolute atomic E-state index is 6.10. The zero-order chi connectivity index (χ0) is 16.4. The number of hydrogen-bond acceptors (Lipinski definition) is 3. The highest BCUT2D eigenvalue weighted by Gasteiger charge is 2.59. The van der Waals surface area contributed by atoms with Crippen molar-refractivity contribution in [2.24, 2.45) is 5.41 Å². The SMILES string of the molecule is Cc1ccc(-n2ncc3c2C=C2CCC4(OCCO4)[C@@]2(C)C3)cc1. The topological polar surface area (TPSA) is 36.3 Å². The van der Waals surface area contributed by atoms with E-state index in [2.05, 4.69) is 54.0 Å². The molecule has 0 amide bonds. The Morgan fingerprint density at radius 2 is 1.88 bits per heavy atom. The van der Waals surface area contributed by atoms with Gasteiger partial charge in [0.15, 0.2) is 5.79 Å². The molecular formula is C20H22N2O2. The van der Waals surface area contributed by atoms with Crippen molar-refractivity contribution in [3.63, 3.8) is 0 Å². The predicted octanol–water partition coefficient (Wildman–Crippen LogP) is 3.66. The molecule has 2 heterocycles. The maximum Gasteiger partial charge on any atom is 0.178 e. The predicted molar refractivity (Wildman–Crippen MR) is 92.0 cm³/mol. The lowest BCUT2D eigenvalue weighted by atomic mass is 9.72. The summed E-state index contributed by atoms with van der Waals surface area (Å²) in [4.78, 5) is 0. The molecule has 0 radical (unpaired) electrons.